The third-order valence-corrected chi connectivity index (χ3v) is 5.89. The molecule has 2 aliphatic rings. The molecule has 3 rings (SSSR count). The second-order valence-electron chi connectivity index (χ2n) is 6.09. The molecule has 1 saturated heterocycles. The lowest BCUT2D eigenvalue weighted by Crippen LogP contribution is -2.22. The molecule has 0 radical (unpaired) electrons. The monoisotopic (exact) mass is 310 g/mol. The van der Waals surface area contributed by atoms with Crippen molar-refractivity contribution in [3.8, 4) is 0 Å². The lowest BCUT2D eigenvalue weighted by atomic mass is 10.2. The Morgan fingerprint density at radius 1 is 1.10 bits per heavy atom. The zero-order valence-corrected chi connectivity index (χ0v) is 13.1. The van der Waals surface area contributed by atoms with Crippen molar-refractivity contribution in [2.45, 2.75) is 51.1 Å². The summed E-state index contributed by atoms with van der Waals surface area (Å²) in [6, 6.07) is 2.29. The topological polar surface area (TPSA) is 84.0 Å². The van der Waals surface area contributed by atoms with Gasteiger partial charge in [-0.05, 0) is 26.2 Å². The molecule has 1 aromatic heterocycles. The first-order valence-corrected chi connectivity index (χ1v) is 9.41. The fourth-order valence-corrected chi connectivity index (χ4v) is 4.75. The second-order valence-corrected chi connectivity index (χ2v) is 8.32. The van der Waals surface area contributed by atoms with Crippen molar-refractivity contribution in [1.29, 1.82) is 0 Å². The van der Waals surface area contributed by atoms with Gasteiger partial charge in [0.1, 0.15) is 5.82 Å². The van der Waals surface area contributed by atoms with Crippen LogP contribution in [0.4, 0.5) is 11.8 Å². The largest absolute Gasteiger partial charge is 0.366 e. The smallest absolute Gasteiger partial charge is 0.225 e. The highest BCUT2D eigenvalue weighted by atomic mass is 32.2. The van der Waals surface area contributed by atoms with E-state index < -0.39 is 9.84 Å². The lowest BCUT2D eigenvalue weighted by molar-refractivity contribution is 0.602. The van der Waals surface area contributed by atoms with E-state index in [1.165, 1.54) is 25.7 Å². The molecular formula is C14H22N4O2S. The number of aryl methyl sites for hydroxylation is 1. The highest BCUT2D eigenvalue weighted by Crippen LogP contribution is 2.22. The van der Waals surface area contributed by atoms with Gasteiger partial charge in [-0.2, -0.15) is 4.98 Å². The predicted octanol–water partition coefficient (Wildman–Crippen LogP) is 1.74. The van der Waals surface area contributed by atoms with Gasteiger partial charge in [-0.15, -0.1) is 0 Å². The zero-order chi connectivity index (χ0) is 14.9. The van der Waals surface area contributed by atoms with E-state index in [9.17, 15) is 8.42 Å². The molecule has 2 heterocycles. The molecule has 1 saturated carbocycles. The van der Waals surface area contributed by atoms with Crippen LogP contribution in [0, 0.1) is 6.92 Å². The van der Waals surface area contributed by atoms with Crippen LogP contribution in [0.1, 0.15) is 37.8 Å². The summed E-state index contributed by atoms with van der Waals surface area (Å²) < 4.78 is 23.0. The van der Waals surface area contributed by atoms with Crippen LogP contribution < -0.4 is 10.6 Å². The number of aromatic nitrogens is 2. The summed E-state index contributed by atoms with van der Waals surface area (Å²) in [7, 11) is -2.88. The van der Waals surface area contributed by atoms with Gasteiger partial charge in [-0.1, -0.05) is 12.8 Å². The van der Waals surface area contributed by atoms with Gasteiger partial charge >= 0.3 is 0 Å². The second kappa shape index (κ2) is 5.79. The van der Waals surface area contributed by atoms with Crippen LogP contribution in [0.15, 0.2) is 6.07 Å². The molecule has 0 aromatic carbocycles. The van der Waals surface area contributed by atoms with Crippen LogP contribution >= 0.6 is 0 Å². The summed E-state index contributed by atoms with van der Waals surface area (Å²) in [6.45, 7) is 1.93. The predicted molar refractivity (Wildman–Crippen MR) is 83.3 cm³/mol. The third-order valence-electron chi connectivity index (χ3n) is 4.13. The minimum Gasteiger partial charge on any atom is -0.366 e. The maximum absolute atomic E-state index is 11.5. The zero-order valence-electron chi connectivity index (χ0n) is 12.3. The quantitative estimate of drug-likeness (QED) is 0.881. The van der Waals surface area contributed by atoms with Crippen LogP contribution in [0.2, 0.25) is 0 Å². The molecule has 1 atom stereocenters. The molecule has 2 fully saturated rings. The Morgan fingerprint density at radius 2 is 1.86 bits per heavy atom. The maximum atomic E-state index is 11.5. The molecule has 6 nitrogen and oxygen atoms in total. The molecule has 21 heavy (non-hydrogen) atoms. The number of rotatable bonds is 4. The van der Waals surface area contributed by atoms with E-state index in [0.29, 0.717) is 24.2 Å². The van der Waals surface area contributed by atoms with Crippen LogP contribution in [0.3, 0.4) is 0 Å². The van der Waals surface area contributed by atoms with Crippen molar-refractivity contribution in [3.05, 3.63) is 11.8 Å². The van der Waals surface area contributed by atoms with Crippen LogP contribution in [0.25, 0.3) is 0 Å². The van der Waals surface area contributed by atoms with Crippen molar-refractivity contribution in [2.75, 3.05) is 22.1 Å². The summed E-state index contributed by atoms with van der Waals surface area (Å²) in [5.41, 5.74) is 0.883. The normalized spacial score (nSPS) is 25.1. The average Bonchev–Trinajstić information content (AvgIpc) is 2.98. The van der Waals surface area contributed by atoms with Crippen molar-refractivity contribution in [3.63, 3.8) is 0 Å². The van der Waals surface area contributed by atoms with E-state index in [2.05, 4.69) is 20.6 Å². The maximum Gasteiger partial charge on any atom is 0.225 e. The SMILES string of the molecule is Cc1cc(NC2CCS(=O)(=O)C2)nc(NC2CCCC2)n1. The Labute approximate surface area is 125 Å². The number of nitrogens with zero attached hydrogens (tertiary/aromatic N) is 2. The van der Waals surface area contributed by atoms with Crippen molar-refractivity contribution < 1.29 is 8.42 Å². The fourth-order valence-electron chi connectivity index (χ4n) is 3.08. The van der Waals surface area contributed by atoms with E-state index in [1.807, 2.05) is 13.0 Å². The van der Waals surface area contributed by atoms with Crippen LogP contribution in [-0.2, 0) is 9.84 Å². The first kappa shape index (κ1) is 14.6. The number of anilines is 2. The summed E-state index contributed by atoms with van der Waals surface area (Å²) in [6.07, 6.45) is 5.50. The lowest BCUT2D eigenvalue weighted by Gasteiger charge is -2.16. The van der Waals surface area contributed by atoms with Crippen LogP contribution in [-0.4, -0.2) is 42.0 Å². The van der Waals surface area contributed by atoms with E-state index in [0.717, 1.165) is 5.69 Å². The summed E-state index contributed by atoms with van der Waals surface area (Å²) in [4.78, 5) is 8.90. The molecule has 0 spiro atoms. The summed E-state index contributed by atoms with van der Waals surface area (Å²) in [5, 5.41) is 6.62. The molecule has 1 unspecified atom stereocenters. The van der Waals surface area contributed by atoms with Gasteiger partial charge in [0.25, 0.3) is 0 Å². The van der Waals surface area contributed by atoms with Crippen LogP contribution in [0.5, 0.6) is 0 Å². The Hall–Kier alpha value is -1.37. The van der Waals surface area contributed by atoms with E-state index in [4.69, 9.17) is 0 Å². The number of hydrogen-bond donors (Lipinski definition) is 2. The molecule has 0 amide bonds. The Kier molecular flexibility index (Phi) is 4.01. The fraction of sp³-hybridized carbons (Fsp3) is 0.714. The van der Waals surface area contributed by atoms with Gasteiger partial charge in [0.15, 0.2) is 9.84 Å². The number of nitrogens with one attached hydrogen (secondary N) is 2. The first-order valence-electron chi connectivity index (χ1n) is 7.59. The van der Waals surface area contributed by atoms with Gasteiger partial charge in [-0.25, -0.2) is 13.4 Å². The minimum atomic E-state index is -2.88. The van der Waals surface area contributed by atoms with E-state index in [-0.39, 0.29) is 17.5 Å². The Bertz CT molecular complexity index is 611. The summed E-state index contributed by atoms with van der Waals surface area (Å²) in [5.74, 6) is 1.82. The molecule has 1 aliphatic carbocycles. The summed E-state index contributed by atoms with van der Waals surface area (Å²) >= 11 is 0. The molecule has 2 N–H and O–H groups in total. The van der Waals surface area contributed by atoms with Crippen molar-refractivity contribution in [2.24, 2.45) is 0 Å². The van der Waals surface area contributed by atoms with E-state index >= 15 is 0 Å². The standard InChI is InChI=1S/C14H22N4O2S/c1-10-8-13(16-12-6-7-21(19,20)9-12)18-14(15-10)17-11-4-2-3-5-11/h8,11-12H,2-7,9H2,1H3,(H2,15,16,17,18). The Balaban J connectivity index is 1.68. The highest BCUT2D eigenvalue weighted by Gasteiger charge is 2.28. The van der Waals surface area contributed by atoms with Gasteiger partial charge in [0.2, 0.25) is 5.95 Å². The minimum absolute atomic E-state index is 0.0383. The van der Waals surface area contributed by atoms with Gasteiger partial charge in [0, 0.05) is 23.8 Å². The van der Waals surface area contributed by atoms with Gasteiger partial charge in [-0.3, -0.25) is 0 Å². The number of hydrogen-bond acceptors (Lipinski definition) is 6. The molecule has 116 valence electrons. The highest BCUT2D eigenvalue weighted by molar-refractivity contribution is 7.91. The van der Waals surface area contributed by atoms with Gasteiger partial charge < -0.3 is 10.6 Å². The van der Waals surface area contributed by atoms with Gasteiger partial charge in [0.05, 0.1) is 11.5 Å². The third kappa shape index (κ3) is 3.84. The van der Waals surface area contributed by atoms with E-state index in [1.54, 1.807) is 0 Å². The molecule has 0 bridgehead atoms. The van der Waals surface area contributed by atoms with Crippen molar-refractivity contribution >= 4 is 21.6 Å². The average molecular weight is 310 g/mol. The molecule has 7 heteroatoms. The number of sulfone groups is 1. The molecule has 1 aromatic rings. The molecule has 1 aliphatic heterocycles. The molecular weight excluding hydrogens is 288 g/mol. The van der Waals surface area contributed by atoms with Crippen molar-refractivity contribution in [1.82, 2.24) is 9.97 Å². The first-order chi connectivity index (χ1) is 10.00. The Morgan fingerprint density at radius 3 is 2.52 bits per heavy atom.